The van der Waals surface area contributed by atoms with E-state index in [-0.39, 0.29) is 0 Å². The molecule has 1 heterocycles. The number of furan rings is 1. The molecule has 1 aromatic rings. The SMILES string of the molecule is O=S(=O)(O)c1ccoc1F. The maximum absolute atomic E-state index is 12.1. The van der Waals surface area contributed by atoms with Crippen molar-refractivity contribution < 1.29 is 21.8 Å². The number of hydrogen-bond donors (Lipinski definition) is 1. The minimum Gasteiger partial charge on any atom is -0.439 e. The molecule has 0 spiro atoms. The van der Waals surface area contributed by atoms with Gasteiger partial charge in [-0.15, -0.1) is 0 Å². The van der Waals surface area contributed by atoms with E-state index in [1.807, 2.05) is 0 Å². The minimum atomic E-state index is -4.46. The topological polar surface area (TPSA) is 67.5 Å². The fourth-order valence-electron chi connectivity index (χ4n) is 0.467. The molecule has 0 amide bonds. The molecule has 0 aliphatic heterocycles. The molecule has 0 unspecified atom stereocenters. The fourth-order valence-corrected chi connectivity index (χ4v) is 0.945. The Hall–Kier alpha value is -0.880. The van der Waals surface area contributed by atoms with Gasteiger partial charge in [0.2, 0.25) is 0 Å². The number of halogens is 1. The highest BCUT2D eigenvalue weighted by atomic mass is 32.2. The molecule has 1 N–H and O–H groups in total. The van der Waals surface area contributed by atoms with E-state index in [0.29, 0.717) is 0 Å². The van der Waals surface area contributed by atoms with E-state index in [4.69, 9.17) is 4.55 Å². The third-order valence-corrected chi connectivity index (χ3v) is 1.71. The van der Waals surface area contributed by atoms with Crippen LogP contribution in [0.4, 0.5) is 4.39 Å². The van der Waals surface area contributed by atoms with Gasteiger partial charge in [-0.3, -0.25) is 4.55 Å². The highest BCUT2D eigenvalue weighted by Gasteiger charge is 2.17. The van der Waals surface area contributed by atoms with Crippen LogP contribution in [0.2, 0.25) is 0 Å². The van der Waals surface area contributed by atoms with Crippen molar-refractivity contribution in [3.63, 3.8) is 0 Å². The van der Waals surface area contributed by atoms with E-state index in [0.717, 1.165) is 12.3 Å². The molecular formula is C4H3FO4S. The Balaban J connectivity index is 3.32. The van der Waals surface area contributed by atoms with Crippen molar-refractivity contribution in [1.29, 1.82) is 0 Å². The van der Waals surface area contributed by atoms with E-state index in [1.54, 1.807) is 0 Å². The van der Waals surface area contributed by atoms with Crippen LogP contribution in [0.15, 0.2) is 21.6 Å². The summed E-state index contributed by atoms with van der Waals surface area (Å²) in [5.74, 6) is 0. The zero-order valence-corrected chi connectivity index (χ0v) is 5.43. The summed E-state index contributed by atoms with van der Waals surface area (Å²) in [6.07, 6.45) is 0.832. The highest BCUT2D eigenvalue weighted by molar-refractivity contribution is 7.85. The lowest BCUT2D eigenvalue weighted by atomic mass is 10.7. The summed E-state index contributed by atoms with van der Waals surface area (Å²) in [5, 5.41) is 0. The predicted octanol–water partition coefficient (Wildman–Crippen LogP) is 0.665. The average molecular weight is 166 g/mol. The second kappa shape index (κ2) is 2.06. The standard InChI is InChI=1S/C4H3FO4S/c5-4-3(1-2-9-4)10(6,7)8/h1-2H,(H,6,7,8). The molecule has 0 bridgehead atoms. The van der Waals surface area contributed by atoms with Gasteiger partial charge in [0.1, 0.15) is 0 Å². The van der Waals surface area contributed by atoms with Crippen LogP contribution in [-0.2, 0) is 10.1 Å². The molecule has 1 aromatic heterocycles. The number of rotatable bonds is 1. The lowest BCUT2D eigenvalue weighted by Crippen LogP contribution is -1.97. The first-order valence-electron chi connectivity index (χ1n) is 2.22. The first-order valence-corrected chi connectivity index (χ1v) is 3.66. The molecule has 56 valence electrons. The Morgan fingerprint density at radius 3 is 2.40 bits per heavy atom. The largest absolute Gasteiger partial charge is 0.439 e. The van der Waals surface area contributed by atoms with Gasteiger partial charge in [-0.05, 0) is 0 Å². The van der Waals surface area contributed by atoms with Crippen LogP contribution in [0, 0.1) is 6.01 Å². The van der Waals surface area contributed by atoms with Crippen molar-refractivity contribution in [2.75, 3.05) is 0 Å². The van der Waals surface area contributed by atoms with E-state index < -0.39 is 21.0 Å². The van der Waals surface area contributed by atoms with Crippen LogP contribution >= 0.6 is 0 Å². The van der Waals surface area contributed by atoms with Crippen molar-refractivity contribution >= 4 is 10.1 Å². The van der Waals surface area contributed by atoms with Gasteiger partial charge in [0.25, 0.3) is 6.01 Å². The van der Waals surface area contributed by atoms with Gasteiger partial charge in [-0.25, -0.2) is 0 Å². The normalized spacial score (nSPS) is 11.8. The van der Waals surface area contributed by atoms with E-state index in [9.17, 15) is 12.8 Å². The van der Waals surface area contributed by atoms with Gasteiger partial charge in [0, 0.05) is 6.07 Å². The zero-order valence-electron chi connectivity index (χ0n) is 4.61. The monoisotopic (exact) mass is 166 g/mol. The summed E-state index contributed by atoms with van der Waals surface area (Å²) >= 11 is 0. The minimum absolute atomic E-state index is 0.824. The number of hydrogen-bond acceptors (Lipinski definition) is 3. The molecule has 0 saturated carbocycles. The van der Waals surface area contributed by atoms with E-state index in [1.165, 1.54) is 0 Å². The van der Waals surface area contributed by atoms with Crippen molar-refractivity contribution in [2.45, 2.75) is 4.90 Å². The van der Waals surface area contributed by atoms with Crippen LogP contribution in [0.5, 0.6) is 0 Å². The van der Waals surface area contributed by atoms with E-state index >= 15 is 0 Å². The molecule has 0 aliphatic carbocycles. The first kappa shape index (κ1) is 7.23. The maximum Gasteiger partial charge on any atom is 0.300 e. The van der Waals surface area contributed by atoms with Crippen molar-refractivity contribution in [3.8, 4) is 0 Å². The van der Waals surface area contributed by atoms with Crippen LogP contribution < -0.4 is 0 Å². The molecule has 0 fully saturated rings. The third-order valence-electron chi connectivity index (χ3n) is 0.863. The van der Waals surface area contributed by atoms with Gasteiger partial charge in [-0.2, -0.15) is 12.8 Å². The Morgan fingerprint density at radius 2 is 2.20 bits per heavy atom. The molecule has 4 nitrogen and oxygen atoms in total. The van der Waals surface area contributed by atoms with Gasteiger partial charge in [-0.1, -0.05) is 0 Å². The second-order valence-electron chi connectivity index (χ2n) is 1.53. The van der Waals surface area contributed by atoms with E-state index in [2.05, 4.69) is 4.42 Å². The van der Waals surface area contributed by atoms with Crippen molar-refractivity contribution in [3.05, 3.63) is 18.3 Å². The molecule has 0 aromatic carbocycles. The van der Waals surface area contributed by atoms with Crippen LogP contribution in [0.3, 0.4) is 0 Å². The van der Waals surface area contributed by atoms with Crippen LogP contribution in [0.1, 0.15) is 0 Å². The Labute approximate surface area is 56.0 Å². The van der Waals surface area contributed by atoms with Gasteiger partial charge in [0.05, 0.1) is 6.26 Å². The lowest BCUT2D eigenvalue weighted by Gasteiger charge is -1.86. The summed E-state index contributed by atoms with van der Waals surface area (Å²) in [6, 6.07) is -0.479. The molecule has 0 saturated heterocycles. The molecule has 0 radical (unpaired) electrons. The molecular weight excluding hydrogens is 163 g/mol. The summed E-state index contributed by atoms with van der Waals surface area (Å²) in [7, 11) is -4.46. The van der Waals surface area contributed by atoms with Crippen molar-refractivity contribution in [1.82, 2.24) is 0 Å². The van der Waals surface area contributed by atoms with Crippen LogP contribution in [-0.4, -0.2) is 13.0 Å². The molecule has 10 heavy (non-hydrogen) atoms. The summed E-state index contributed by atoms with van der Waals surface area (Å²) < 4.78 is 44.7. The molecule has 0 atom stereocenters. The zero-order chi connectivity index (χ0) is 7.78. The Morgan fingerprint density at radius 1 is 1.60 bits per heavy atom. The Kier molecular flexibility index (Phi) is 1.49. The summed E-state index contributed by atoms with van der Waals surface area (Å²) in [5.41, 5.74) is 0. The molecule has 6 heteroatoms. The predicted molar refractivity (Wildman–Crippen MR) is 28.5 cm³/mol. The average Bonchev–Trinajstić information content (AvgIpc) is 2.11. The summed E-state index contributed by atoms with van der Waals surface area (Å²) in [6.45, 7) is 0. The lowest BCUT2D eigenvalue weighted by molar-refractivity contribution is 0.340. The van der Waals surface area contributed by atoms with Gasteiger partial charge in [0.15, 0.2) is 4.90 Å². The quantitative estimate of drug-likeness (QED) is 0.622. The molecule has 1 rings (SSSR count). The Bertz CT molecular complexity index is 325. The highest BCUT2D eigenvalue weighted by Crippen LogP contribution is 2.13. The van der Waals surface area contributed by atoms with Gasteiger partial charge < -0.3 is 4.42 Å². The van der Waals surface area contributed by atoms with Crippen molar-refractivity contribution in [2.24, 2.45) is 0 Å². The molecule has 0 aliphatic rings. The summed E-state index contributed by atoms with van der Waals surface area (Å²) in [4.78, 5) is -0.840. The fraction of sp³-hybridized carbons (Fsp3) is 0. The second-order valence-corrected chi connectivity index (χ2v) is 2.92. The smallest absolute Gasteiger partial charge is 0.300 e. The first-order chi connectivity index (χ1) is 4.52. The van der Waals surface area contributed by atoms with Gasteiger partial charge >= 0.3 is 10.1 Å². The third kappa shape index (κ3) is 1.17. The van der Waals surface area contributed by atoms with Crippen LogP contribution in [0.25, 0.3) is 0 Å². The maximum atomic E-state index is 12.1.